The van der Waals surface area contributed by atoms with Crippen LogP contribution in [0.1, 0.15) is 45.5 Å². The minimum absolute atomic E-state index is 0.0157. The Morgan fingerprint density at radius 2 is 1.42 bits per heavy atom. The van der Waals surface area contributed by atoms with Crippen LogP contribution in [-0.2, 0) is 14.5 Å². The summed E-state index contributed by atoms with van der Waals surface area (Å²) in [4.78, 5) is 36.2. The molecule has 4 rings (SSSR count). The van der Waals surface area contributed by atoms with Gasteiger partial charge in [0.25, 0.3) is 0 Å². The third-order valence-corrected chi connectivity index (χ3v) is 6.18. The van der Waals surface area contributed by atoms with E-state index in [1.54, 1.807) is 6.07 Å². The highest BCUT2D eigenvalue weighted by Gasteiger charge is 2.37. The van der Waals surface area contributed by atoms with Gasteiger partial charge in [-0.3, -0.25) is 9.59 Å². The molecular weight excluding hydrogens is 414 g/mol. The number of amides is 2. The van der Waals surface area contributed by atoms with Gasteiger partial charge in [-0.05, 0) is 29.7 Å². The summed E-state index contributed by atoms with van der Waals surface area (Å²) in [6, 6.07) is 21.5. The molecule has 0 aliphatic carbocycles. The van der Waals surface area contributed by atoms with Gasteiger partial charge in [0, 0.05) is 18.4 Å². The van der Waals surface area contributed by atoms with E-state index >= 15 is 0 Å². The Kier molecular flexibility index (Phi) is 5.38. The average molecular weight is 433 g/mol. The van der Waals surface area contributed by atoms with E-state index in [2.05, 4.69) is 0 Å². The Labute approximate surface area is 184 Å². The number of carbonyl (C=O) groups is 3. The Balaban J connectivity index is 1.97. The van der Waals surface area contributed by atoms with Crippen LogP contribution in [0, 0.1) is 6.92 Å². The van der Waals surface area contributed by atoms with Crippen molar-refractivity contribution in [3.05, 3.63) is 101 Å². The molecule has 1 aliphatic rings. The number of benzene rings is 3. The molecule has 2 amide bonds. The smallest absolute Gasteiger partial charge is 0.234 e. The second kappa shape index (κ2) is 8.00. The minimum Gasteiger partial charge on any atom is -0.545 e. The molecule has 156 valence electrons. The zero-order valence-electron chi connectivity index (χ0n) is 16.8. The van der Waals surface area contributed by atoms with E-state index in [0.29, 0.717) is 5.56 Å². The topological polar surface area (TPSA) is 77.5 Å². The number of carboxylic acid groups (broad SMARTS) is 1. The van der Waals surface area contributed by atoms with Gasteiger partial charge >= 0.3 is 0 Å². The molecule has 0 aromatic heterocycles. The van der Waals surface area contributed by atoms with Gasteiger partial charge in [0.1, 0.15) is 4.87 Å². The summed E-state index contributed by atoms with van der Waals surface area (Å²) in [7, 11) is 0. The lowest BCUT2D eigenvalue weighted by Crippen LogP contribution is -2.33. The summed E-state index contributed by atoms with van der Waals surface area (Å²) in [5, 5.41) is 11.7. The number of hydrogen-bond acceptors (Lipinski definition) is 4. The van der Waals surface area contributed by atoms with Gasteiger partial charge in [-0.1, -0.05) is 72.3 Å². The number of rotatable bonds is 5. The molecule has 6 heteroatoms. The number of carboxylic acids is 1. The molecule has 1 heterocycles. The number of halogens is 1. The van der Waals surface area contributed by atoms with Crippen LogP contribution < -0.4 is 10.0 Å². The van der Waals surface area contributed by atoms with E-state index in [4.69, 9.17) is 11.6 Å². The standard InChI is InChI=1S/C25H20ClNO4/c1-16-7-9-18(10-8-16)25(26,17-5-3-2-4-6-17)19-11-12-20(24(30)31)21(15-19)27-22(28)13-14-23(27)29/h2-12,15H,13-14H2,1H3,(H,30,31)/p-1. The van der Waals surface area contributed by atoms with Crippen molar-refractivity contribution in [1.82, 2.24) is 0 Å². The van der Waals surface area contributed by atoms with Crippen LogP contribution in [-0.4, -0.2) is 17.8 Å². The van der Waals surface area contributed by atoms with Crippen LogP contribution in [0.25, 0.3) is 0 Å². The number of imide groups is 1. The van der Waals surface area contributed by atoms with Gasteiger partial charge in [-0.25, -0.2) is 4.90 Å². The first-order valence-corrected chi connectivity index (χ1v) is 10.2. The van der Waals surface area contributed by atoms with Crippen LogP contribution in [0.3, 0.4) is 0 Å². The maximum atomic E-state index is 12.4. The van der Waals surface area contributed by atoms with E-state index in [9.17, 15) is 19.5 Å². The second-order valence-electron chi connectivity index (χ2n) is 7.53. The van der Waals surface area contributed by atoms with E-state index < -0.39 is 22.7 Å². The fraction of sp³-hybridized carbons (Fsp3) is 0.160. The zero-order chi connectivity index (χ0) is 22.2. The Morgan fingerprint density at radius 1 is 0.871 bits per heavy atom. The Bertz CT molecular complexity index is 1160. The lowest BCUT2D eigenvalue weighted by molar-refractivity contribution is -0.254. The molecule has 0 spiro atoms. The van der Waals surface area contributed by atoms with Crippen molar-refractivity contribution in [2.45, 2.75) is 24.6 Å². The van der Waals surface area contributed by atoms with E-state index in [1.165, 1.54) is 12.1 Å². The van der Waals surface area contributed by atoms with E-state index in [1.807, 2.05) is 61.5 Å². The quantitative estimate of drug-likeness (QED) is 0.351. The number of carbonyl (C=O) groups excluding carboxylic acids is 3. The molecule has 1 saturated heterocycles. The lowest BCUT2D eigenvalue weighted by Gasteiger charge is -2.31. The van der Waals surface area contributed by atoms with Gasteiger partial charge in [0.05, 0.1) is 11.7 Å². The molecule has 0 radical (unpaired) electrons. The van der Waals surface area contributed by atoms with Gasteiger partial charge < -0.3 is 9.90 Å². The molecule has 31 heavy (non-hydrogen) atoms. The highest BCUT2D eigenvalue weighted by molar-refractivity contribution is 6.28. The monoisotopic (exact) mass is 432 g/mol. The summed E-state index contributed by atoms with van der Waals surface area (Å²) in [5.74, 6) is -2.36. The fourth-order valence-electron chi connectivity index (χ4n) is 3.90. The van der Waals surface area contributed by atoms with E-state index in [-0.39, 0.29) is 24.1 Å². The van der Waals surface area contributed by atoms with E-state index in [0.717, 1.165) is 21.6 Å². The lowest BCUT2D eigenvalue weighted by atomic mass is 9.83. The van der Waals surface area contributed by atoms with Crippen LogP contribution in [0.2, 0.25) is 0 Å². The molecule has 0 N–H and O–H groups in total. The first-order chi connectivity index (χ1) is 14.8. The summed E-state index contributed by atoms with van der Waals surface area (Å²) in [5.41, 5.74) is 2.90. The number of anilines is 1. The number of hydrogen-bond donors (Lipinski definition) is 0. The van der Waals surface area contributed by atoms with Crippen molar-refractivity contribution in [1.29, 1.82) is 0 Å². The molecule has 0 bridgehead atoms. The van der Waals surface area contributed by atoms with Crippen molar-refractivity contribution in [3.63, 3.8) is 0 Å². The average Bonchev–Trinajstić information content (AvgIpc) is 3.11. The van der Waals surface area contributed by atoms with Gasteiger partial charge in [-0.2, -0.15) is 0 Å². The van der Waals surface area contributed by atoms with Crippen molar-refractivity contribution >= 4 is 35.1 Å². The number of alkyl halides is 1. The highest BCUT2D eigenvalue weighted by Crippen LogP contribution is 2.44. The molecule has 5 nitrogen and oxygen atoms in total. The summed E-state index contributed by atoms with van der Waals surface area (Å²) in [6.45, 7) is 1.97. The number of aromatic carboxylic acids is 1. The fourth-order valence-corrected chi connectivity index (χ4v) is 4.27. The summed E-state index contributed by atoms with van der Waals surface area (Å²) in [6.07, 6.45) is 0.0798. The van der Waals surface area contributed by atoms with Crippen LogP contribution in [0.5, 0.6) is 0 Å². The molecule has 3 aromatic carbocycles. The van der Waals surface area contributed by atoms with Crippen LogP contribution in [0.15, 0.2) is 72.8 Å². The van der Waals surface area contributed by atoms with Crippen molar-refractivity contribution in [2.24, 2.45) is 0 Å². The zero-order valence-corrected chi connectivity index (χ0v) is 17.6. The van der Waals surface area contributed by atoms with Gasteiger partial charge in [0.15, 0.2) is 0 Å². The highest BCUT2D eigenvalue weighted by atomic mass is 35.5. The molecular formula is C25H19ClNO4-. The van der Waals surface area contributed by atoms with Crippen molar-refractivity contribution in [2.75, 3.05) is 4.90 Å². The predicted molar refractivity (Wildman–Crippen MR) is 116 cm³/mol. The maximum Gasteiger partial charge on any atom is 0.234 e. The maximum absolute atomic E-state index is 12.4. The number of nitrogens with zero attached hydrogens (tertiary/aromatic N) is 1. The molecule has 1 fully saturated rings. The predicted octanol–water partition coefficient (Wildman–Crippen LogP) is 3.54. The largest absolute Gasteiger partial charge is 0.545 e. The van der Waals surface area contributed by atoms with Crippen LogP contribution >= 0.6 is 11.6 Å². The molecule has 1 atom stereocenters. The van der Waals surface area contributed by atoms with Crippen molar-refractivity contribution < 1.29 is 19.5 Å². The Morgan fingerprint density at radius 3 is 2.00 bits per heavy atom. The normalized spacial score (nSPS) is 15.7. The summed E-state index contributed by atoms with van der Waals surface area (Å²) < 4.78 is 0. The first kappa shape index (κ1) is 20.8. The SMILES string of the molecule is Cc1ccc(C(Cl)(c2ccccc2)c2ccc(C(=O)[O-])c(N3C(=O)CCC3=O)c2)cc1. The second-order valence-corrected chi connectivity index (χ2v) is 8.10. The minimum atomic E-state index is -1.47. The summed E-state index contributed by atoms with van der Waals surface area (Å²) >= 11 is 7.30. The molecule has 0 saturated carbocycles. The van der Waals surface area contributed by atoms with Crippen LogP contribution in [0.4, 0.5) is 5.69 Å². The van der Waals surface area contributed by atoms with Gasteiger partial charge in [-0.15, -0.1) is 11.6 Å². The molecule has 1 aliphatic heterocycles. The van der Waals surface area contributed by atoms with Crippen molar-refractivity contribution in [3.8, 4) is 0 Å². The molecule has 1 unspecified atom stereocenters. The third-order valence-electron chi connectivity index (χ3n) is 5.53. The molecule has 3 aromatic rings. The third kappa shape index (κ3) is 3.62. The van der Waals surface area contributed by atoms with Gasteiger partial charge in [0.2, 0.25) is 11.8 Å². The Hall–Kier alpha value is -3.44. The first-order valence-electron chi connectivity index (χ1n) is 9.85. The number of aryl methyl sites for hydroxylation is 1.